The quantitative estimate of drug-likeness (QED) is 0.322. The number of hydrogen-bond donors (Lipinski definition) is 2. The highest BCUT2D eigenvalue weighted by atomic mass is 16.4. The predicted octanol–water partition coefficient (Wildman–Crippen LogP) is 0.00872. The zero-order valence-electron chi connectivity index (χ0n) is 8.99. The van der Waals surface area contributed by atoms with Crippen LogP contribution in [0.1, 0.15) is 11.3 Å². The summed E-state index contributed by atoms with van der Waals surface area (Å²) in [4.78, 5) is 3.95. The minimum absolute atomic E-state index is 0.0364. The van der Waals surface area contributed by atoms with Crippen molar-refractivity contribution in [2.24, 2.45) is 17.9 Å². The number of nitrogens with two attached hydrogens (primary N) is 1. The summed E-state index contributed by atoms with van der Waals surface area (Å²) in [7, 11) is 1.79. The Labute approximate surface area is 91.8 Å². The summed E-state index contributed by atoms with van der Waals surface area (Å²) in [6.45, 7) is 1.80. The maximum atomic E-state index is 8.74. The van der Waals surface area contributed by atoms with E-state index >= 15 is 0 Å². The van der Waals surface area contributed by atoms with E-state index in [1.54, 1.807) is 41.9 Å². The summed E-state index contributed by atoms with van der Waals surface area (Å²) in [5, 5.41) is 16.0. The Kier molecular flexibility index (Phi) is 2.35. The van der Waals surface area contributed by atoms with Gasteiger partial charge in [0.25, 0.3) is 0 Å². The lowest BCUT2D eigenvalue weighted by Crippen LogP contribution is -2.17. The molecule has 0 aromatic carbocycles. The van der Waals surface area contributed by atoms with Crippen molar-refractivity contribution in [2.75, 3.05) is 0 Å². The van der Waals surface area contributed by atoms with Crippen molar-refractivity contribution in [3.8, 4) is 5.82 Å². The van der Waals surface area contributed by atoms with Crippen LogP contribution in [0.5, 0.6) is 0 Å². The van der Waals surface area contributed by atoms with Gasteiger partial charge in [0.05, 0.1) is 11.3 Å². The third-order valence-corrected chi connectivity index (χ3v) is 2.30. The molecule has 0 aliphatic rings. The Morgan fingerprint density at radius 3 is 2.88 bits per heavy atom. The number of imidazole rings is 1. The summed E-state index contributed by atoms with van der Waals surface area (Å²) < 4.78 is 3.41. The summed E-state index contributed by atoms with van der Waals surface area (Å²) in [6.07, 6.45) is 5.05. The number of hydrogen-bond acceptors (Lipinski definition) is 4. The van der Waals surface area contributed by atoms with Crippen LogP contribution in [-0.4, -0.2) is 30.4 Å². The van der Waals surface area contributed by atoms with Gasteiger partial charge in [-0.1, -0.05) is 5.16 Å². The fraction of sp³-hybridized carbons (Fsp3) is 0.222. The standard InChI is InChI=1S/C9H12N6O/c1-6-7(8(10)13-16)9(14(2)12-6)15-4-3-11-5-15/h3-5,16H,1-2H3,(H2,10,13). The van der Waals surface area contributed by atoms with E-state index in [-0.39, 0.29) is 5.84 Å². The van der Waals surface area contributed by atoms with Crippen LogP contribution in [0.2, 0.25) is 0 Å². The minimum Gasteiger partial charge on any atom is -0.409 e. The molecule has 0 fully saturated rings. The highest BCUT2D eigenvalue weighted by Gasteiger charge is 2.18. The Hall–Kier alpha value is -2.31. The van der Waals surface area contributed by atoms with Crippen LogP contribution < -0.4 is 5.73 Å². The maximum Gasteiger partial charge on any atom is 0.175 e. The van der Waals surface area contributed by atoms with Gasteiger partial charge in [0.2, 0.25) is 0 Å². The Bertz CT molecular complexity index is 524. The van der Waals surface area contributed by atoms with E-state index < -0.39 is 0 Å². The van der Waals surface area contributed by atoms with E-state index in [0.717, 1.165) is 0 Å². The lowest BCUT2D eigenvalue weighted by Gasteiger charge is -2.05. The molecule has 2 aromatic heterocycles. The fourth-order valence-electron chi connectivity index (χ4n) is 1.68. The first-order chi connectivity index (χ1) is 7.65. The number of oxime groups is 1. The number of aryl methyl sites for hydroxylation is 2. The molecule has 0 saturated carbocycles. The average Bonchev–Trinajstić information content (AvgIpc) is 2.84. The number of nitrogens with zero attached hydrogens (tertiary/aromatic N) is 5. The van der Waals surface area contributed by atoms with Crippen molar-refractivity contribution in [1.29, 1.82) is 0 Å². The third kappa shape index (κ3) is 1.42. The molecular formula is C9H12N6O. The molecule has 0 bridgehead atoms. The van der Waals surface area contributed by atoms with Gasteiger partial charge in [-0.3, -0.25) is 9.25 Å². The molecule has 7 nitrogen and oxygen atoms in total. The van der Waals surface area contributed by atoms with Gasteiger partial charge < -0.3 is 10.9 Å². The number of amidine groups is 1. The van der Waals surface area contributed by atoms with Crippen LogP contribution in [-0.2, 0) is 7.05 Å². The van der Waals surface area contributed by atoms with Crippen LogP contribution in [0.3, 0.4) is 0 Å². The number of aromatic nitrogens is 4. The largest absolute Gasteiger partial charge is 0.409 e. The van der Waals surface area contributed by atoms with Gasteiger partial charge in [-0.25, -0.2) is 4.98 Å². The molecule has 84 valence electrons. The van der Waals surface area contributed by atoms with Crippen molar-refractivity contribution in [2.45, 2.75) is 6.92 Å². The van der Waals surface area contributed by atoms with Crippen molar-refractivity contribution < 1.29 is 5.21 Å². The van der Waals surface area contributed by atoms with E-state index in [2.05, 4.69) is 15.2 Å². The zero-order valence-corrected chi connectivity index (χ0v) is 8.99. The number of rotatable bonds is 2. The van der Waals surface area contributed by atoms with Gasteiger partial charge in [0, 0.05) is 19.4 Å². The van der Waals surface area contributed by atoms with Gasteiger partial charge in [0.15, 0.2) is 5.84 Å². The molecule has 2 aromatic rings. The van der Waals surface area contributed by atoms with Crippen molar-refractivity contribution in [1.82, 2.24) is 19.3 Å². The molecule has 0 aliphatic carbocycles. The summed E-state index contributed by atoms with van der Waals surface area (Å²) in [5.74, 6) is 0.750. The topological polar surface area (TPSA) is 94.2 Å². The Balaban J connectivity index is 2.69. The molecule has 16 heavy (non-hydrogen) atoms. The Morgan fingerprint density at radius 1 is 1.56 bits per heavy atom. The SMILES string of the molecule is Cc1nn(C)c(-n2ccnc2)c1C(N)=NO. The molecule has 0 spiro atoms. The normalized spacial score (nSPS) is 12.0. The summed E-state index contributed by atoms with van der Waals surface area (Å²) in [6, 6.07) is 0. The van der Waals surface area contributed by atoms with E-state index in [0.29, 0.717) is 17.1 Å². The van der Waals surface area contributed by atoms with Crippen LogP contribution in [0.4, 0.5) is 0 Å². The van der Waals surface area contributed by atoms with Gasteiger partial charge >= 0.3 is 0 Å². The van der Waals surface area contributed by atoms with Crippen LogP contribution in [0.25, 0.3) is 5.82 Å². The predicted molar refractivity (Wildman–Crippen MR) is 57.6 cm³/mol. The highest BCUT2D eigenvalue weighted by molar-refractivity contribution is 6.00. The molecule has 2 heterocycles. The van der Waals surface area contributed by atoms with Crippen LogP contribution in [0.15, 0.2) is 23.9 Å². The molecule has 0 saturated heterocycles. The van der Waals surface area contributed by atoms with Crippen molar-refractivity contribution in [3.05, 3.63) is 30.0 Å². The molecule has 2 rings (SSSR count). The van der Waals surface area contributed by atoms with E-state index in [4.69, 9.17) is 10.9 Å². The van der Waals surface area contributed by atoms with E-state index in [9.17, 15) is 0 Å². The van der Waals surface area contributed by atoms with Gasteiger partial charge in [-0.15, -0.1) is 0 Å². The third-order valence-electron chi connectivity index (χ3n) is 2.30. The lowest BCUT2D eigenvalue weighted by atomic mass is 10.2. The van der Waals surface area contributed by atoms with Crippen molar-refractivity contribution >= 4 is 5.84 Å². The molecule has 0 aliphatic heterocycles. The first kappa shape index (κ1) is 10.2. The van der Waals surface area contributed by atoms with Crippen LogP contribution >= 0.6 is 0 Å². The molecule has 0 unspecified atom stereocenters. The van der Waals surface area contributed by atoms with E-state index in [1.807, 2.05) is 0 Å². The summed E-state index contributed by atoms with van der Waals surface area (Å²) in [5.41, 5.74) is 6.92. The summed E-state index contributed by atoms with van der Waals surface area (Å²) >= 11 is 0. The maximum absolute atomic E-state index is 8.74. The first-order valence-corrected chi connectivity index (χ1v) is 4.65. The second-order valence-electron chi connectivity index (χ2n) is 3.36. The van der Waals surface area contributed by atoms with Gasteiger partial charge in [-0.05, 0) is 6.92 Å². The molecule has 0 amide bonds. The molecule has 0 atom stereocenters. The van der Waals surface area contributed by atoms with Gasteiger partial charge in [-0.2, -0.15) is 5.10 Å². The Morgan fingerprint density at radius 2 is 2.31 bits per heavy atom. The van der Waals surface area contributed by atoms with Gasteiger partial charge in [0.1, 0.15) is 12.1 Å². The van der Waals surface area contributed by atoms with Crippen LogP contribution in [0, 0.1) is 6.92 Å². The second kappa shape index (κ2) is 3.69. The minimum atomic E-state index is 0.0364. The first-order valence-electron chi connectivity index (χ1n) is 4.65. The van der Waals surface area contributed by atoms with Crippen molar-refractivity contribution in [3.63, 3.8) is 0 Å². The average molecular weight is 220 g/mol. The fourth-order valence-corrected chi connectivity index (χ4v) is 1.68. The molecule has 0 radical (unpaired) electrons. The molecule has 7 heteroatoms. The highest BCUT2D eigenvalue weighted by Crippen LogP contribution is 2.16. The molecular weight excluding hydrogens is 208 g/mol. The second-order valence-corrected chi connectivity index (χ2v) is 3.36. The monoisotopic (exact) mass is 220 g/mol. The zero-order chi connectivity index (χ0) is 11.7. The smallest absolute Gasteiger partial charge is 0.175 e. The molecule has 3 N–H and O–H groups in total. The van der Waals surface area contributed by atoms with E-state index in [1.165, 1.54) is 0 Å². The lowest BCUT2D eigenvalue weighted by molar-refractivity contribution is 0.318.